The van der Waals surface area contributed by atoms with E-state index in [1.807, 2.05) is 15.6 Å². The summed E-state index contributed by atoms with van der Waals surface area (Å²) in [6.07, 6.45) is 3.42. The lowest BCUT2D eigenvalue weighted by Gasteiger charge is -2.35. The fraction of sp³-hybridized carbons (Fsp3) is 0.346. The van der Waals surface area contributed by atoms with Crippen LogP contribution < -0.4 is 4.90 Å². The molecule has 1 aliphatic heterocycles. The molecule has 0 N–H and O–H groups in total. The number of pyridine rings is 2. The predicted molar refractivity (Wildman–Crippen MR) is 138 cm³/mol. The van der Waals surface area contributed by atoms with Gasteiger partial charge in [-0.05, 0) is 52.0 Å². The van der Waals surface area contributed by atoms with E-state index in [0.717, 1.165) is 28.1 Å². The minimum absolute atomic E-state index is 0.00931. The van der Waals surface area contributed by atoms with Gasteiger partial charge in [0.2, 0.25) is 0 Å². The molecule has 1 fully saturated rings. The number of amides is 1. The maximum Gasteiger partial charge on any atom is 0.254 e. The molecule has 178 valence electrons. The number of piperazine rings is 1. The maximum atomic E-state index is 13.8. The molecule has 0 atom stereocenters. The third-order valence-corrected chi connectivity index (χ3v) is 7.33. The molecular formula is C26H27N7OS. The van der Waals surface area contributed by atoms with Crippen molar-refractivity contribution in [2.24, 2.45) is 0 Å². The van der Waals surface area contributed by atoms with Gasteiger partial charge in [-0.3, -0.25) is 4.79 Å². The average Bonchev–Trinajstić information content (AvgIpc) is 3.45. The Balaban J connectivity index is 1.47. The molecule has 35 heavy (non-hydrogen) atoms. The van der Waals surface area contributed by atoms with E-state index in [2.05, 4.69) is 54.8 Å². The highest BCUT2D eigenvalue weighted by Crippen LogP contribution is 2.33. The molecule has 0 unspecified atom stereocenters. The first-order valence-corrected chi connectivity index (χ1v) is 12.5. The zero-order valence-electron chi connectivity index (χ0n) is 20.3. The van der Waals surface area contributed by atoms with E-state index in [1.54, 1.807) is 35.9 Å². The monoisotopic (exact) mass is 485 g/mol. The van der Waals surface area contributed by atoms with Crippen LogP contribution in [0, 0.1) is 25.2 Å². The van der Waals surface area contributed by atoms with E-state index < -0.39 is 0 Å². The van der Waals surface area contributed by atoms with Gasteiger partial charge in [0, 0.05) is 53.7 Å². The lowest BCUT2D eigenvalue weighted by molar-refractivity contribution is 0.0748. The summed E-state index contributed by atoms with van der Waals surface area (Å²) in [6.45, 7) is 10.8. The molecule has 1 amide bonds. The zero-order valence-corrected chi connectivity index (χ0v) is 21.1. The highest BCUT2D eigenvalue weighted by atomic mass is 32.1. The van der Waals surface area contributed by atoms with Crippen LogP contribution in [0.15, 0.2) is 36.7 Å². The number of nitrogens with zero attached hydrogens (tertiary/aromatic N) is 7. The van der Waals surface area contributed by atoms with Gasteiger partial charge in [0.15, 0.2) is 5.65 Å². The first kappa shape index (κ1) is 23.0. The number of hydrogen-bond acceptors (Lipinski definition) is 7. The topological polar surface area (TPSA) is 90.9 Å². The van der Waals surface area contributed by atoms with Crippen molar-refractivity contribution in [2.75, 3.05) is 31.1 Å². The van der Waals surface area contributed by atoms with Crippen LogP contribution in [0.1, 0.15) is 45.6 Å². The molecule has 0 aliphatic carbocycles. The number of aryl methyl sites for hydroxylation is 2. The summed E-state index contributed by atoms with van der Waals surface area (Å²) < 4.78 is 1.88. The van der Waals surface area contributed by atoms with Gasteiger partial charge in [-0.25, -0.2) is 14.6 Å². The van der Waals surface area contributed by atoms with E-state index in [9.17, 15) is 10.1 Å². The Morgan fingerprint density at radius 2 is 1.91 bits per heavy atom. The molecular weight excluding hydrogens is 458 g/mol. The molecule has 0 aromatic carbocycles. The summed E-state index contributed by atoms with van der Waals surface area (Å²) >= 11 is 1.74. The number of aromatic nitrogens is 4. The summed E-state index contributed by atoms with van der Waals surface area (Å²) in [4.78, 5) is 29.6. The van der Waals surface area contributed by atoms with Crippen LogP contribution in [-0.2, 0) is 0 Å². The van der Waals surface area contributed by atoms with Gasteiger partial charge >= 0.3 is 0 Å². The first-order valence-electron chi connectivity index (χ1n) is 11.7. The molecule has 4 aromatic rings. The van der Waals surface area contributed by atoms with Crippen molar-refractivity contribution in [1.82, 2.24) is 24.6 Å². The van der Waals surface area contributed by atoms with Crippen LogP contribution in [0.2, 0.25) is 0 Å². The summed E-state index contributed by atoms with van der Waals surface area (Å²) in [5, 5.41) is 14.5. The normalized spacial score (nSPS) is 14.1. The van der Waals surface area contributed by atoms with Crippen molar-refractivity contribution < 1.29 is 4.79 Å². The van der Waals surface area contributed by atoms with Crippen molar-refractivity contribution in [3.8, 4) is 17.3 Å². The smallest absolute Gasteiger partial charge is 0.254 e. The van der Waals surface area contributed by atoms with E-state index in [4.69, 9.17) is 4.98 Å². The number of nitriles is 1. The predicted octanol–water partition coefficient (Wildman–Crippen LogP) is 4.59. The van der Waals surface area contributed by atoms with E-state index in [-0.39, 0.29) is 11.9 Å². The van der Waals surface area contributed by atoms with Crippen LogP contribution in [0.4, 0.5) is 5.82 Å². The Kier molecular flexibility index (Phi) is 5.99. The van der Waals surface area contributed by atoms with Crippen molar-refractivity contribution in [1.29, 1.82) is 5.26 Å². The van der Waals surface area contributed by atoms with Gasteiger partial charge in [0.1, 0.15) is 5.82 Å². The van der Waals surface area contributed by atoms with Gasteiger partial charge in [-0.15, -0.1) is 11.3 Å². The molecule has 5 heterocycles. The first-order chi connectivity index (χ1) is 16.9. The van der Waals surface area contributed by atoms with Gasteiger partial charge < -0.3 is 9.80 Å². The Morgan fingerprint density at radius 1 is 1.14 bits per heavy atom. The maximum absolute atomic E-state index is 13.8. The van der Waals surface area contributed by atoms with E-state index in [1.165, 1.54) is 9.75 Å². The number of carbonyl (C=O) groups is 1. The van der Waals surface area contributed by atoms with Crippen LogP contribution >= 0.6 is 11.3 Å². The summed E-state index contributed by atoms with van der Waals surface area (Å²) in [7, 11) is 0. The number of rotatable bonds is 4. The van der Waals surface area contributed by atoms with Gasteiger partial charge in [0.25, 0.3) is 5.91 Å². The Labute approximate surface area is 208 Å². The largest absolute Gasteiger partial charge is 0.353 e. The molecule has 4 aromatic heterocycles. The van der Waals surface area contributed by atoms with Gasteiger partial charge in [-0.2, -0.15) is 10.4 Å². The molecule has 0 radical (unpaired) electrons. The summed E-state index contributed by atoms with van der Waals surface area (Å²) in [5.74, 6) is 0.760. The molecule has 1 aliphatic rings. The lowest BCUT2D eigenvalue weighted by atomic mass is 10.1. The molecule has 0 spiro atoms. The van der Waals surface area contributed by atoms with Crippen LogP contribution in [-0.4, -0.2) is 56.7 Å². The number of carbonyl (C=O) groups excluding carboxylic acids is 1. The lowest BCUT2D eigenvalue weighted by Crippen LogP contribution is -2.49. The van der Waals surface area contributed by atoms with Gasteiger partial charge in [0.05, 0.1) is 34.5 Å². The van der Waals surface area contributed by atoms with Gasteiger partial charge in [-0.1, -0.05) is 0 Å². The zero-order chi connectivity index (χ0) is 24.7. The fourth-order valence-corrected chi connectivity index (χ4v) is 5.50. The average molecular weight is 486 g/mol. The van der Waals surface area contributed by atoms with E-state index >= 15 is 0 Å². The quantitative estimate of drug-likeness (QED) is 0.420. The van der Waals surface area contributed by atoms with Crippen molar-refractivity contribution in [2.45, 2.75) is 33.7 Å². The summed E-state index contributed by atoms with van der Waals surface area (Å²) in [6, 6.07) is 9.85. The van der Waals surface area contributed by atoms with Crippen molar-refractivity contribution >= 4 is 34.1 Å². The highest BCUT2D eigenvalue weighted by molar-refractivity contribution is 7.12. The molecule has 1 saturated heterocycles. The number of thiophene rings is 1. The Bertz CT molecular complexity index is 1450. The number of fused-ring (bicyclic) bond motifs is 1. The Hall–Kier alpha value is -3.77. The third kappa shape index (κ3) is 4.26. The number of anilines is 1. The second-order valence-electron chi connectivity index (χ2n) is 9.10. The highest BCUT2D eigenvalue weighted by Gasteiger charge is 2.27. The third-order valence-electron chi connectivity index (χ3n) is 6.37. The van der Waals surface area contributed by atoms with Crippen LogP contribution in [0.5, 0.6) is 0 Å². The fourth-order valence-electron chi connectivity index (χ4n) is 4.57. The van der Waals surface area contributed by atoms with E-state index in [0.29, 0.717) is 37.3 Å². The molecule has 0 bridgehead atoms. The minimum atomic E-state index is -0.00931. The second-order valence-corrected chi connectivity index (χ2v) is 10.6. The van der Waals surface area contributed by atoms with Crippen molar-refractivity contribution in [3.63, 3.8) is 0 Å². The number of hydrogen-bond donors (Lipinski definition) is 0. The Morgan fingerprint density at radius 3 is 2.57 bits per heavy atom. The molecule has 5 rings (SSSR count). The molecule has 9 heteroatoms. The second kappa shape index (κ2) is 9.12. The minimum Gasteiger partial charge on any atom is -0.353 e. The molecule has 0 saturated carbocycles. The van der Waals surface area contributed by atoms with Crippen LogP contribution in [0.3, 0.4) is 0 Å². The van der Waals surface area contributed by atoms with Crippen molar-refractivity contribution in [3.05, 3.63) is 57.5 Å². The molecule has 8 nitrogen and oxygen atoms in total. The van der Waals surface area contributed by atoms with Crippen LogP contribution in [0.25, 0.3) is 22.3 Å². The standard InChI is InChI=1S/C26H27N7OS/c1-16(2)33-25-22(15-29-33)21(13-23(30-25)20-11-17(3)35-18(20)4)26(34)32-9-7-31(8-10-32)24-12-19(14-27)5-6-28-24/h5-6,11-13,15-16H,7-10H2,1-4H3. The summed E-state index contributed by atoms with van der Waals surface area (Å²) in [5.41, 5.74) is 3.83. The SMILES string of the molecule is Cc1cc(-c2cc(C(=O)N3CCN(c4cc(C#N)ccn4)CC3)c3cnn(C(C)C)c3n2)c(C)s1.